The predicted molar refractivity (Wildman–Crippen MR) is 316 cm³/mol. The molecule has 82 heavy (non-hydrogen) atoms. The maximum Gasteiger partial charge on any atom is 0.343 e. The second-order valence-corrected chi connectivity index (χ2v) is 24.6. The summed E-state index contributed by atoms with van der Waals surface area (Å²) in [6, 6.07) is 0.0117. The molecule has 0 aromatic carbocycles. The van der Waals surface area contributed by atoms with Crippen molar-refractivity contribution in [3.8, 4) is 0 Å². The van der Waals surface area contributed by atoms with E-state index in [1.807, 2.05) is 91.8 Å². The Morgan fingerprint density at radius 2 is 1.12 bits per heavy atom. The predicted octanol–water partition coefficient (Wildman–Crippen LogP) is 5.81. The topological polar surface area (TPSA) is 279 Å². The van der Waals surface area contributed by atoms with E-state index in [0.717, 1.165) is 36.8 Å². The number of imide groups is 1. The molecule has 20 nitrogen and oxygen atoms in total. The number of allylic oxidation sites excluding steroid dienone is 6. The Morgan fingerprint density at radius 1 is 0.695 bits per heavy atom. The fourth-order valence-electron chi connectivity index (χ4n) is 10.4. The Labute approximate surface area is 501 Å². The number of nitrogens with zero attached hydrogens (tertiary/aromatic N) is 1. The van der Waals surface area contributed by atoms with Crippen LogP contribution in [0.2, 0.25) is 0 Å². The summed E-state index contributed by atoms with van der Waals surface area (Å²) in [5.41, 5.74) is 6.88. The number of halogens is 2. The van der Waals surface area contributed by atoms with Crippen LogP contribution in [0, 0.1) is 23.7 Å². The highest BCUT2D eigenvalue weighted by molar-refractivity contribution is 9.09. The van der Waals surface area contributed by atoms with Crippen molar-refractivity contribution >= 4 is 67.4 Å². The van der Waals surface area contributed by atoms with Gasteiger partial charge in [0.2, 0.25) is 17.7 Å². The molecule has 22 heteroatoms. The van der Waals surface area contributed by atoms with E-state index in [4.69, 9.17) is 34.2 Å². The number of alkyl halides is 2. The first kappa shape index (κ1) is 68.8. The Balaban J connectivity index is 0.000000251. The van der Waals surface area contributed by atoms with E-state index in [2.05, 4.69) is 78.6 Å². The minimum absolute atomic E-state index is 0.00492. The zero-order chi connectivity index (χ0) is 60.5. The number of aliphatic hydroxyl groups excluding tert-OH is 2. The third-order valence-corrected chi connectivity index (χ3v) is 16.6. The van der Waals surface area contributed by atoms with Gasteiger partial charge in [-0.1, -0.05) is 133 Å². The van der Waals surface area contributed by atoms with Crippen LogP contribution in [0.25, 0.3) is 0 Å². The molecule has 0 aromatic heterocycles. The van der Waals surface area contributed by atoms with Crippen LogP contribution in [0.4, 0.5) is 0 Å². The number of ether oxygens (including phenoxy) is 6. The van der Waals surface area contributed by atoms with Gasteiger partial charge in [-0.3, -0.25) is 24.0 Å². The molecule has 16 atom stereocenters. The third-order valence-electron chi connectivity index (χ3n) is 15.6. The Kier molecular flexibility index (Phi) is 27.3. The van der Waals surface area contributed by atoms with E-state index in [9.17, 15) is 39.0 Å². The summed E-state index contributed by atoms with van der Waals surface area (Å²) in [5.74, 6) is -0.497. The number of carbonyl (C=O) groups is 6. The molecule has 0 radical (unpaired) electrons. The Morgan fingerprint density at radius 3 is 1.51 bits per heavy atom. The summed E-state index contributed by atoms with van der Waals surface area (Å²) in [5, 5.41) is 31.1. The van der Waals surface area contributed by atoms with Gasteiger partial charge in [0.05, 0.1) is 67.3 Å². The molecular formula is C60H91Br2N5O15. The largest absolute Gasteiger partial charge is 0.387 e. The summed E-state index contributed by atoms with van der Waals surface area (Å²) < 4.78 is 35.7. The minimum Gasteiger partial charge on any atom is -0.387 e. The van der Waals surface area contributed by atoms with Gasteiger partial charge in [0.15, 0.2) is 0 Å². The summed E-state index contributed by atoms with van der Waals surface area (Å²) in [6.07, 6.45) is 21.2. The van der Waals surface area contributed by atoms with Crippen molar-refractivity contribution in [2.45, 2.75) is 205 Å². The normalized spacial score (nSPS) is 34.9. The fourth-order valence-corrected chi connectivity index (χ4v) is 10.7. The lowest BCUT2D eigenvalue weighted by Gasteiger charge is -2.39. The van der Waals surface area contributed by atoms with Gasteiger partial charge in [0.1, 0.15) is 40.9 Å². The van der Waals surface area contributed by atoms with Crippen molar-refractivity contribution in [3.63, 3.8) is 0 Å². The maximum absolute atomic E-state index is 12.2. The third kappa shape index (κ3) is 21.2. The number of nitrogens with one attached hydrogen (secondary N) is 3. The highest BCUT2D eigenvalue weighted by atomic mass is 79.9. The first-order valence-electron chi connectivity index (χ1n) is 28.9. The van der Waals surface area contributed by atoms with Crippen LogP contribution >= 0.6 is 31.9 Å². The van der Waals surface area contributed by atoms with Crippen LogP contribution in [-0.2, 0) is 62.0 Å². The van der Waals surface area contributed by atoms with E-state index in [1.165, 1.54) is 0 Å². The number of hydroxylamine groups is 2. The van der Waals surface area contributed by atoms with Crippen LogP contribution in [0.5, 0.6) is 0 Å². The summed E-state index contributed by atoms with van der Waals surface area (Å²) >= 11 is 5.98. The lowest BCUT2D eigenvalue weighted by atomic mass is 9.87. The molecule has 7 fully saturated rings. The van der Waals surface area contributed by atoms with Crippen LogP contribution < -0.4 is 21.7 Å². The van der Waals surface area contributed by atoms with E-state index in [0.29, 0.717) is 67.9 Å². The number of carbonyl (C=O) groups excluding carboxylic acids is 6. The number of hydrogen-bond acceptors (Lipinski definition) is 16. The molecule has 0 aliphatic carbocycles. The number of nitrogens with two attached hydrogens (primary N) is 1. The van der Waals surface area contributed by atoms with Crippen molar-refractivity contribution in [2.24, 2.45) is 29.4 Å². The molecule has 0 unspecified atom stereocenters. The molecule has 7 aliphatic rings. The molecule has 2 spiro atoms. The first-order chi connectivity index (χ1) is 38.8. The molecule has 0 saturated carbocycles. The molecule has 460 valence electrons. The number of aliphatic hydroxyl groups is 2. The van der Waals surface area contributed by atoms with Gasteiger partial charge in [-0.15, -0.1) is 5.06 Å². The standard InChI is InChI=1S/C28H43BrN2O6.C26H42N2O5.C6H6BrNO4/c1-17(2)6-11-25(32)31-22-12-19(4)23(36-20(22)5)9-7-18(3)8-10-24-27(34)28(16-35-28)13-21(37-24)15-30-26(33)14-29;1-16(2)6-11-24(29)28-21-12-18(4)22(32-19(21)5)9-7-17(3)8-10-23-25(30)26(15-31-26)13-20(14-27)33-23;7-3-6(11)12-8-4(9)1-2-5(8)10/h6-8,10-11,17,19-24,27,34H,9,12-16H2,1-5H3,(H,30,33)(H,31,32);6-8,10-11,16,18-23,25,30H,9,12-15,27H2,1-5H3,(H,28,29);1-3H2/b10-8+,11-6-,18-7+;10-8+,11-6-,17-7+;/t19-,20+,21-,22+,23-,24+,27+,28+;18-,19+,20-,21+,22-,23+,25+,26+;/m00./s1. The molecule has 5 amide bonds. The highest BCUT2D eigenvalue weighted by Crippen LogP contribution is 2.44. The van der Waals surface area contributed by atoms with Crippen LogP contribution in [-0.4, -0.2) is 172 Å². The zero-order valence-corrected chi connectivity index (χ0v) is 52.6. The average molecular weight is 1280 g/mol. The Hall–Kier alpha value is -3.94. The average Bonchev–Trinajstić information content (AvgIpc) is 4.42. The monoisotopic (exact) mass is 1280 g/mol. The molecule has 7 aliphatic heterocycles. The summed E-state index contributed by atoms with van der Waals surface area (Å²) in [6.45, 7) is 22.5. The Bertz CT molecular complexity index is 2340. The number of hydrogen-bond donors (Lipinski definition) is 6. The first-order valence-corrected chi connectivity index (χ1v) is 31.1. The maximum atomic E-state index is 12.2. The second-order valence-electron chi connectivity index (χ2n) is 23.5. The van der Waals surface area contributed by atoms with Crippen molar-refractivity contribution in [1.29, 1.82) is 0 Å². The van der Waals surface area contributed by atoms with E-state index in [1.54, 1.807) is 12.2 Å². The number of amides is 5. The van der Waals surface area contributed by atoms with Gasteiger partial charge in [-0.25, -0.2) is 4.79 Å². The van der Waals surface area contributed by atoms with Gasteiger partial charge >= 0.3 is 5.97 Å². The lowest BCUT2D eigenvalue weighted by Crippen LogP contribution is -2.52. The van der Waals surface area contributed by atoms with Crippen LogP contribution in [0.1, 0.15) is 121 Å². The minimum atomic E-state index is -0.746. The van der Waals surface area contributed by atoms with Crippen LogP contribution in [0.3, 0.4) is 0 Å². The molecule has 0 bridgehead atoms. The van der Waals surface area contributed by atoms with Gasteiger partial charge in [0, 0.05) is 38.8 Å². The van der Waals surface area contributed by atoms with Gasteiger partial charge in [-0.05, 0) is 89.2 Å². The van der Waals surface area contributed by atoms with Crippen LogP contribution in [0.15, 0.2) is 71.9 Å². The molecule has 0 aromatic rings. The van der Waals surface area contributed by atoms with Crippen molar-refractivity contribution in [1.82, 2.24) is 21.0 Å². The number of rotatable bonds is 20. The SMILES string of the molecule is CC(/C=C/[C@H]1O[C@H](CN)C[C@@]2(CO2)[C@@H]1O)=C\C[C@@H]1O[C@H](C)[C@H](NC(=O)/C=C\C(C)C)C[C@@H]1C.CC(/C=C/[C@H]1O[C@H](CNC(=O)CBr)C[C@@]2(CO2)[C@@H]1O)=C\C[C@@H]1O[C@H](C)[C@H](NC(=O)/C=C\C(C)C)C[C@@H]1C.O=C(CBr)ON1C(=O)CCC1=O. The van der Waals surface area contributed by atoms with Crippen molar-refractivity contribution in [2.75, 3.05) is 37.0 Å². The molecule has 7 N–H and O–H groups in total. The van der Waals surface area contributed by atoms with E-state index >= 15 is 0 Å². The van der Waals surface area contributed by atoms with E-state index < -0.39 is 53.4 Å². The molecule has 7 rings (SSSR count). The molecular weight excluding hydrogens is 1190 g/mol. The molecule has 7 saturated heterocycles. The second kappa shape index (κ2) is 32.5. The quantitative estimate of drug-likeness (QED) is 0.0276. The molecule has 7 heterocycles. The van der Waals surface area contributed by atoms with Crippen molar-refractivity contribution in [3.05, 3.63) is 71.9 Å². The van der Waals surface area contributed by atoms with E-state index in [-0.39, 0.29) is 89.9 Å². The number of epoxide rings is 2. The zero-order valence-electron chi connectivity index (χ0n) is 49.4. The summed E-state index contributed by atoms with van der Waals surface area (Å²) in [7, 11) is 0. The van der Waals surface area contributed by atoms with Gasteiger partial charge in [-0.2, -0.15) is 0 Å². The van der Waals surface area contributed by atoms with Crippen molar-refractivity contribution < 1.29 is 72.2 Å². The smallest absolute Gasteiger partial charge is 0.343 e. The fraction of sp³-hybridized carbons (Fsp3) is 0.700. The lowest BCUT2D eigenvalue weighted by molar-refractivity contribution is -0.195. The highest BCUT2D eigenvalue weighted by Gasteiger charge is 2.59. The van der Waals surface area contributed by atoms with Gasteiger partial charge in [0.25, 0.3) is 11.8 Å². The summed E-state index contributed by atoms with van der Waals surface area (Å²) in [4.78, 5) is 72.7. The van der Waals surface area contributed by atoms with Gasteiger partial charge < -0.3 is 65.2 Å².